The molecular weight excluding hydrogens is 542 g/mol. The van der Waals surface area contributed by atoms with Gasteiger partial charge in [0.25, 0.3) is 0 Å². The molecule has 0 spiro atoms. The molecule has 1 amide bonds. The number of amides is 1. The first-order valence-electron chi connectivity index (χ1n) is 15.0. The first-order valence-corrected chi connectivity index (χ1v) is 15.0. The van der Waals surface area contributed by atoms with Gasteiger partial charge in [0.2, 0.25) is 5.91 Å². The molecule has 0 aliphatic carbocycles. The first-order chi connectivity index (χ1) is 21.0. The molecule has 10 nitrogen and oxygen atoms in total. The van der Waals surface area contributed by atoms with Crippen LogP contribution in [0.15, 0.2) is 55.1 Å². The topological polar surface area (TPSA) is 98.1 Å². The van der Waals surface area contributed by atoms with Gasteiger partial charge in [0.05, 0.1) is 36.9 Å². The molecule has 3 aliphatic rings. The third-order valence-corrected chi connectivity index (χ3v) is 9.09. The number of anilines is 2. The van der Waals surface area contributed by atoms with Gasteiger partial charge in [-0.2, -0.15) is 15.2 Å². The van der Waals surface area contributed by atoms with Crippen molar-refractivity contribution in [1.29, 1.82) is 5.26 Å². The van der Waals surface area contributed by atoms with Crippen LogP contribution in [0.5, 0.6) is 6.01 Å². The summed E-state index contributed by atoms with van der Waals surface area (Å²) >= 11 is 0. The Balaban J connectivity index is 1.32. The molecule has 2 fully saturated rings. The standard InChI is InChI=1S/C33H39N7O3/c1-4-31(41)40-17-16-39(19-24(40)12-14-34)32-28-13-15-38(30-11-7-9-23-8-5-6-10-27(23)30)21-29(28)35-33(36-32)43-22-25-18-26(42-3)20-37(25)2/h4-11,24-26H,1,12-13,15-22H2,2-3H3/t24?,25-,26-/m0/s1. The van der Waals surface area contributed by atoms with Gasteiger partial charge in [-0.3, -0.25) is 9.69 Å². The van der Waals surface area contributed by atoms with Crippen LogP contribution in [-0.4, -0.2) is 97.4 Å². The molecule has 43 heavy (non-hydrogen) atoms. The number of benzene rings is 2. The van der Waals surface area contributed by atoms with Gasteiger partial charge in [0.15, 0.2) is 0 Å². The van der Waals surface area contributed by atoms with Gasteiger partial charge in [-0.1, -0.05) is 43.0 Å². The number of hydrogen-bond donors (Lipinski definition) is 0. The summed E-state index contributed by atoms with van der Waals surface area (Å²) < 4.78 is 11.9. The zero-order valence-corrected chi connectivity index (χ0v) is 25.0. The molecule has 6 rings (SSSR count). The number of ether oxygens (including phenoxy) is 2. The highest BCUT2D eigenvalue weighted by Gasteiger charge is 2.34. The van der Waals surface area contributed by atoms with Crippen LogP contribution in [0.1, 0.15) is 24.1 Å². The van der Waals surface area contributed by atoms with Gasteiger partial charge in [-0.25, -0.2) is 0 Å². The van der Waals surface area contributed by atoms with Crippen molar-refractivity contribution in [3.05, 3.63) is 66.4 Å². The average molecular weight is 582 g/mol. The molecule has 4 heterocycles. The minimum absolute atomic E-state index is 0.144. The fraction of sp³-hybridized carbons (Fsp3) is 0.455. The second kappa shape index (κ2) is 12.6. The Hall–Kier alpha value is -4.20. The SMILES string of the molecule is C=CC(=O)N1CCN(c2nc(OC[C@@H]3C[C@H](OC)CN3C)nc3c2CCN(c2cccc4ccccc24)C3)CC1CC#N. The molecule has 0 N–H and O–H groups in total. The maximum Gasteiger partial charge on any atom is 0.318 e. The second-order valence-corrected chi connectivity index (χ2v) is 11.6. The molecule has 0 saturated carbocycles. The van der Waals surface area contributed by atoms with Crippen LogP contribution in [0.25, 0.3) is 10.8 Å². The zero-order valence-electron chi connectivity index (χ0n) is 25.0. The van der Waals surface area contributed by atoms with Gasteiger partial charge in [0.1, 0.15) is 12.4 Å². The molecule has 2 aromatic carbocycles. The van der Waals surface area contributed by atoms with Crippen LogP contribution in [-0.2, 0) is 22.5 Å². The maximum atomic E-state index is 12.5. The van der Waals surface area contributed by atoms with Crippen molar-refractivity contribution in [1.82, 2.24) is 19.8 Å². The van der Waals surface area contributed by atoms with Gasteiger partial charge in [0, 0.05) is 62.5 Å². The van der Waals surface area contributed by atoms with Gasteiger partial charge < -0.3 is 24.2 Å². The second-order valence-electron chi connectivity index (χ2n) is 11.6. The number of fused-ring (bicyclic) bond motifs is 2. The predicted molar refractivity (Wildman–Crippen MR) is 166 cm³/mol. The molecule has 0 radical (unpaired) electrons. The molecule has 2 saturated heterocycles. The van der Waals surface area contributed by atoms with E-state index in [1.807, 2.05) is 0 Å². The third-order valence-electron chi connectivity index (χ3n) is 9.09. The van der Waals surface area contributed by atoms with E-state index in [-0.39, 0.29) is 30.5 Å². The van der Waals surface area contributed by atoms with Crippen LogP contribution >= 0.6 is 0 Å². The fourth-order valence-corrected chi connectivity index (χ4v) is 6.70. The summed E-state index contributed by atoms with van der Waals surface area (Å²) in [4.78, 5) is 31.1. The van der Waals surface area contributed by atoms with Crippen molar-refractivity contribution in [3.8, 4) is 12.1 Å². The number of likely N-dealkylation sites (N-methyl/N-ethyl adjacent to an activating group) is 1. The molecule has 3 atom stereocenters. The van der Waals surface area contributed by atoms with E-state index in [0.717, 1.165) is 43.0 Å². The first kappa shape index (κ1) is 28.9. The average Bonchev–Trinajstić information content (AvgIpc) is 3.41. The number of nitrogens with zero attached hydrogens (tertiary/aromatic N) is 7. The van der Waals surface area contributed by atoms with E-state index in [1.54, 1.807) is 12.0 Å². The van der Waals surface area contributed by atoms with E-state index < -0.39 is 0 Å². The summed E-state index contributed by atoms with van der Waals surface area (Å²) in [6, 6.07) is 17.5. The number of aromatic nitrogens is 2. The number of rotatable bonds is 8. The van der Waals surface area contributed by atoms with E-state index in [4.69, 9.17) is 19.4 Å². The minimum Gasteiger partial charge on any atom is -0.462 e. The van der Waals surface area contributed by atoms with E-state index in [0.29, 0.717) is 38.8 Å². The molecule has 0 bridgehead atoms. The van der Waals surface area contributed by atoms with Crippen molar-refractivity contribution < 1.29 is 14.3 Å². The monoisotopic (exact) mass is 581 g/mol. The van der Waals surface area contributed by atoms with Crippen LogP contribution in [0.2, 0.25) is 0 Å². The highest BCUT2D eigenvalue weighted by Crippen LogP contribution is 2.35. The lowest BCUT2D eigenvalue weighted by molar-refractivity contribution is -0.128. The molecule has 3 aliphatic heterocycles. The Bertz CT molecular complexity index is 1530. The van der Waals surface area contributed by atoms with Crippen molar-refractivity contribution in [2.75, 3.05) is 63.3 Å². The summed E-state index contributed by atoms with van der Waals surface area (Å²) in [6.45, 7) is 8.10. The van der Waals surface area contributed by atoms with Gasteiger partial charge in [-0.05, 0) is 37.4 Å². The lowest BCUT2D eigenvalue weighted by atomic mass is 10.0. The number of methoxy groups -OCH3 is 1. The summed E-state index contributed by atoms with van der Waals surface area (Å²) in [5, 5.41) is 12.0. The van der Waals surface area contributed by atoms with E-state index in [9.17, 15) is 10.1 Å². The molecule has 10 heteroatoms. The van der Waals surface area contributed by atoms with Crippen molar-refractivity contribution in [3.63, 3.8) is 0 Å². The largest absolute Gasteiger partial charge is 0.462 e. The number of carbonyl (C=O) groups is 1. The third kappa shape index (κ3) is 5.88. The van der Waals surface area contributed by atoms with Crippen LogP contribution < -0.4 is 14.5 Å². The van der Waals surface area contributed by atoms with Crippen molar-refractivity contribution in [2.24, 2.45) is 0 Å². The Labute approximate surface area is 253 Å². The molecule has 1 unspecified atom stereocenters. The van der Waals surface area contributed by atoms with Crippen LogP contribution in [0.3, 0.4) is 0 Å². The van der Waals surface area contributed by atoms with Crippen LogP contribution in [0, 0.1) is 11.3 Å². The Kier molecular flexibility index (Phi) is 8.45. The Morgan fingerprint density at radius 2 is 1.93 bits per heavy atom. The van der Waals surface area contributed by atoms with Crippen LogP contribution in [0.4, 0.5) is 11.5 Å². The smallest absolute Gasteiger partial charge is 0.318 e. The highest BCUT2D eigenvalue weighted by atomic mass is 16.5. The van der Waals surface area contributed by atoms with Crippen molar-refractivity contribution in [2.45, 2.75) is 44.0 Å². The summed E-state index contributed by atoms with van der Waals surface area (Å²) in [5.74, 6) is 0.704. The lowest BCUT2D eigenvalue weighted by Gasteiger charge is -2.42. The van der Waals surface area contributed by atoms with E-state index >= 15 is 0 Å². The maximum absolute atomic E-state index is 12.5. The minimum atomic E-state index is -0.242. The number of hydrogen-bond acceptors (Lipinski definition) is 9. The fourth-order valence-electron chi connectivity index (χ4n) is 6.70. The molecular formula is C33H39N7O3. The van der Waals surface area contributed by atoms with Gasteiger partial charge in [-0.15, -0.1) is 0 Å². The molecule has 1 aromatic heterocycles. The van der Waals surface area contributed by atoms with E-state index in [1.165, 1.54) is 22.5 Å². The Morgan fingerprint density at radius 1 is 1.09 bits per heavy atom. The number of carbonyl (C=O) groups excluding carboxylic acids is 1. The number of piperazine rings is 1. The highest BCUT2D eigenvalue weighted by molar-refractivity contribution is 5.94. The quantitative estimate of drug-likeness (QED) is 0.371. The summed E-state index contributed by atoms with van der Waals surface area (Å²) in [6.07, 6.45) is 3.45. The summed E-state index contributed by atoms with van der Waals surface area (Å²) in [5.41, 5.74) is 3.26. The molecule has 3 aromatic rings. The number of likely N-dealkylation sites (tertiary alicyclic amines) is 1. The van der Waals surface area contributed by atoms with Crippen molar-refractivity contribution >= 4 is 28.2 Å². The zero-order chi connectivity index (χ0) is 29.9. The Morgan fingerprint density at radius 3 is 2.72 bits per heavy atom. The van der Waals surface area contributed by atoms with E-state index in [2.05, 4.69) is 76.9 Å². The normalized spacial score (nSPS) is 22.3. The molecule has 224 valence electrons. The summed E-state index contributed by atoms with van der Waals surface area (Å²) in [7, 11) is 3.85. The predicted octanol–water partition coefficient (Wildman–Crippen LogP) is 3.41. The van der Waals surface area contributed by atoms with Gasteiger partial charge >= 0.3 is 6.01 Å². The number of nitriles is 1. The lowest BCUT2D eigenvalue weighted by Crippen LogP contribution is -2.55.